The van der Waals surface area contributed by atoms with E-state index in [1.807, 2.05) is 48.5 Å². The molecule has 1 atom stereocenters. The predicted molar refractivity (Wildman–Crippen MR) is 140 cm³/mol. The molecule has 1 unspecified atom stereocenters. The Morgan fingerprint density at radius 2 is 1.68 bits per heavy atom. The van der Waals surface area contributed by atoms with Crippen molar-refractivity contribution < 1.29 is 4.79 Å². The van der Waals surface area contributed by atoms with Crippen molar-refractivity contribution in [2.75, 3.05) is 5.32 Å². The lowest BCUT2D eigenvalue weighted by molar-refractivity contribution is -0.115. The average molecular weight is 504 g/mol. The van der Waals surface area contributed by atoms with Crippen molar-refractivity contribution in [2.45, 2.75) is 17.2 Å². The van der Waals surface area contributed by atoms with E-state index in [1.54, 1.807) is 43.3 Å². The lowest BCUT2D eigenvalue weighted by atomic mass is 9.99. The summed E-state index contributed by atoms with van der Waals surface area (Å²) in [5.41, 5.74) is 4.25. The van der Waals surface area contributed by atoms with Crippen LogP contribution in [0.25, 0.3) is 22.4 Å². The highest BCUT2D eigenvalue weighted by molar-refractivity contribution is 8.00. The number of halogens is 2. The van der Waals surface area contributed by atoms with Crippen molar-refractivity contribution in [1.82, 2.24) is 4.98 Å². The normalized spacial score (nSPS) is 11.5. The van der Waals surface area contributed by atoms with E-state index >= 15 is 0 Å². The summed E-state index contributed by atoms with van der Waals surface area (Å²) in [5.74, 6) is -0.212. The van der Waals surface area contributed by atoms with Gasteiger partial charge in [-0.2, -0.15) is 5.26 Å². The largest absolute Gasteiger partial charge is 0.325 e. The van der Waals surface area contributed by atoms with Crippen molar-refractivity contribution in [3.05, 3.63) is 101 Å². The first-order valence-electron chi connectivity index (χ1n) is 10.4. The van der Waals surface area contributed by atoms with Crippen molar-refractivity contribution in [2.24, 2.45) is 0 Å². The van der Waals surface area contributed by atoms with Gasteiger partial charge in [0.2, 0.25) is 5.91 Å². The summed E-state index contributed by atoms with van der Waals surface area (Å²) >= 11 is 13.3. The summed E-state index contributed by atoms with van der Waals surface area (Å²) in [6.45, 7) is 1.78. The topological polar surface area (TPSA) is 65.8 Å². The quantitative estimate of drug-likeness (QED) is 0.273. The summed E-state index contributed by atoms with van der Waals surface area (Å²) in [6.07, 6.45) is 0. The molecule has 0 aliphatic heterocycles. The van der Waals surface area contributed by atoms with Crippen LogP contribution >= 0.6 is 35.0 Å². The molecule has 0 aliphatic rings. The van der Waals surface area contributed by atoms with E-state index in [0.717, 1.165) is 16.7 Å². The molecule has 7 heteroatoms. The zero-order valence-electron chi connectivity index (χ0n) is 18.1. The number of aromatic nitrogens is 1. The van der Waals surface area contributed by atoms with E-state index in [0.29, 0.717) is 32.0 Å². The number of nitriles is 1. The van der Waals surface area contributed by atoms with Gasteiger partial charge < -0.3 is 5.32 Å². The second kappa shape index (κ2) is 10.8. The lowest BCUT2D eigenvalue weighted by Crippen LogP contribution is -2.22. The van der Waals surface area contributed by atoms with E-state index in [4.69, 9.17) is 28.2 Å². The first-order chi connectivity index (χ1) is 16.4. The minimum Gasteiger partial charge on any atom is -0.325 e. The van der Waals surface area contributed by atoms with E-state index in [2.05, 4.69) is 11.4 Å². The number of carbonyl (C=O) groups is 1. The number of anilines is 1. The summed E-state index contributed by atoms with van der Waals surface area (Å²) in [5, 5.41) is 14.0. The van der Waals surface area contributed by atoms with Crippen LogP contribution in [0.2, 0.25) is 10.0 Å². The van der Waals surface area contributed by atoms with Gasteiger partial charge in [0, 0.05) is 26.9 Å². The molecule has 0 saturated heterocycles. The zero-order valence-corrected chi connectivity index (χ0v) is 20.5. The molecule has 1 aromatic heterocycles. The maximum absolute atomic E-state index is 12.9. The Hall–Kier alpha value is -3.30. The van der Waals surface area contributed by atoms with Crippen LogP contribution in [-0.4, -0.2) is 16.1 Å². The molecule has 1 heterocycles. The number of hydrogen-bond donors (Lipinski definition) is 1. The molecule has 4 rings (SSSR count). The summed E-state index contributed by atoms with van der Waals surface area (Å²) < 4.78 is 0. The van der Waals surface area contributed by atoms with Gasteiger partial charge in [-0.3, -0.25) is 4.79 Å². The highest BCUT2D eigenvalue weighted by Crippen LogP contribution is 2.36. The van der Waals surface area contributed by atoms with Gasteiger partial charge in [0.15, 0.2) is 0 Å². The molecule has 0 aliphatic carbocycles. The molecule has 4 nitrogen and oxygen atoms in total. The first kappa shape index (κ1) is 23.8. The number of thioether (sulfide) groups is 1. The number of nitrogens with one attached hydrogen (secondary N) is 1. The van der Waals surface area contributed by atoms with Crippen LogP contribution < -0.4 is 5.32 Å². The molecule has 0 spiro atoms. The first-order valence-corrected chi connectivity index (χ1v) is 12.1. The Bertz CT molecular complexity index is 1370. The van der Waals surface area contributed by atoms with E-state index in [1.165, 1.54) is 11.8 Å². The number of carbonyl (C=O) groups excluding carboxylic acids is 1. The highest BCUT2D eigenvalue weighted by atomic mass is 35.5. The van der Waals surface area contributed by atoms with Crippen molar-refractivity contribution in [1.29, 1.82) is 5.26 Å². The Labute approximate surface area is 212 Å². The van der Waals surface area contributed by atoms with Crippen LogP contribution in [0, 0.1) is 11.3 Å². The van der Waals surface area contributed by atoms with Gasteiger partial charge >= 0.3 is 0 Å². The van der Waals surface area contributed by atoms with Crippen molar-refractivity contribution in [3.63, 3.8) is 0 Å². The molecule has 3 aromatic carbocycles. The molecule has 1 amide bonds. The van der Waals surface area contributed by atoms with E-state index < -0.39 is 5.25 Å². The predicted octanol–water partition coefficient (Wildman–Crippen LogP) is 7.71. The second-order valence-electron chi connectivity index (χ2n) is 7.48. The number of hydrogen-bond acceptors (Lipinski definition) is 4. The van der Waals surface area contributed by atoms with Crippen LogP contribution in [0.15, 0.2) is 90.0 Å². The highest BCUT2D eigenvalue weighted by Gasteiger charge is 2.21. The number of pyridine rings is 1. The molecule has 0 radical (unpaired) electrons. The molecular formula is C27H19Cl2N3OS. The molecule has 0 saturated carbocycles. The molecule has 1 N–H and O–H groups in total. The second-order valence-corrected chi connectivity index (χ2v) is 9.68. The third-order valence-electron chi connectivity index (χ3n) is 5.07. The van der Waals surface area contributed by atoms with Crippen molar-refractivity contribution >= 4 is 46.6 Å². The summed E-state index contributed by atoms with van der Waals surface area (Å²) in [4.78, 5) is 17.6. The fraction of sp³-hybridized carbons (Fsp3) is 0.0741. The zero-order chi connectivity index (χ0) is 24.1. The van der Waals surface area contributed by atoms with Gasteiger partial charge in [-0.05, 0) is 48.9 Å². The fourth-order valence-electron chi connectivity index (χ4n) is 3.36. The van der Waals surface area contributed by atoms with E-state index in [-0.39, 0.29) is 5.91 Å². The van der Waals surface area contributed by atoms with Crippen LogP contribution in [-0.2, 0) is 4.79 Å². The number of benzene rings is 3. The van der Waals surface area contributed by atoms with E-state index in [9.17, 15) is 10.1 Å². The standard InChI is InChI=1S/C27H19Cl2N3OS/c1-17(26(33)31-22-9-5-8-21(29)14-22)34-27-24(16-30)23(18-6-3-2-4-7-18)15-25(32-27)19-10-12-20(28)13-11-19/h2-15,17H,1H3,(H,31,33). The lowest BCUT2D eigenvalue weighted by Gasteiger charge is -2.16. The maximum Gasteiger partial charge on any atom is 0.237 e. The fourth-order valence-corrected chi connectivity index (χ4v) is 4.60. The summed E-state index contributed by atoms with van der Waals surface area (Å²) in [7, 11) is 0. The molecule has 0 bridgehead atoms. The smallest absolute Gasteiger partial charge is 0.237 e. The monoisotopic (exact) mass is 503 g/mol. The van der Waals surface area contributed by atoms with Crippen LogP contribution in [0.5, 0.6) is 0 Å². The number of nitrogens with zero attached hydrogens (tertiary/aromatic N) is 2. The summed E-state index contributed by atoms with van der Waals surface area (Å²) in [6, 6.07) is 28.2. The van der Waals surface area contributed by atoms with Gasteiger partial charge in [0.25, 0.3) is 0 Å². The Balaban J connectivity index is 1.73. The Morgan fingerprint density at radius 1 is 0.941 bits per heavy atom. The van der Waals surface area contributed by atoms with Gasteiger partial charge in [0.05, 0.1) is 16.5 Å². The third kappa shape index (κ3) is 5.60. The Morgan fingerprint density at radius 3 is 2.35 bits per heavy atom. The number of amides is 1. The molecular weight excluding hydrogens is 485 g/mol. The van der Waals surface area contributed by atoms with Crippen molar-refractivity contribution in [3.8, 4) is 28.5 Å². The molecule has 168 valence electrons. The van der Waals surface area contributed by atoms with Gasteiger partial charge in [-0.1, -0.05) is 83.5 Å². The average Bonchev–Trinajstić information content (AvgIpc) is 2.84. The van der Waals surface area contributed by atoms with Crippen LogP contribution in [0.1, 0.15) is 12.5 Å². The van der Waals surface area contributed by atoms with Gasteiger partial charge in [0.1, 0.15) is 11.1 Å². The molecule has 0 fully saturated rings. The van der Waals surface area contributed by atoms with Gasteiger partial charge in [-0.25, -0.2) is 4.98 Å². The third-order valence-corrected chi connectivity index (χ3v) is 6.65. The minimum atomic E-state index is -0.511. The van der Waals surface area contributed by atoms with Crippen LogP contribution in [0.3, 0.4) is 0 Å². The minimum absolute atomic E-state index is 0.212. The van der Waals surface area contributed by atoms with Gasteiger partial charge in [-0.15, -0.1) is 0 Å². The molecule has 34 heavy (non-hydrogen) atoms. The number of rotatable bonds is 6. The SMILES string of the molecule is CC(Sc1nc(-c2ccc(Cl)cc2)cc(-c2ccccc2)c1C#N)C(=O)Nc1cccc(Cl)c1. The maximum atomic E-state index is 12.9. The molecule has 4 aromatic rings. The van der Waals surface area contributed by atoms with Crippen LogP contribution in [0.4, 0.5) is 5.69 Å². The Kier molecular flexibility index (Phi) is 7.54.